The van der Waals surface area contributed by atoms with Crippen molar-refractivity contribution in [1.82, 2.24) is 0 Å². The molecule has 0 saturated heterocycles. The van der Waals surface area contributed by atoms with Gasteiger partial charge in [0.2, 0.25) is 0 Å². The number of carbonyl (C=O) groups is 1. The van der Waals surface area contributed by atoms with Crippen molar-refractivity contribution in [3.63, 3.8) is 0 Å². The molecule has 1 aromatic rings. The Morgan fingerprint density at radius 3 is 1.91 bits per heavy atom. The molecule has 1 unspecified atom stereocenters. The molecule has 2 heteroatoms. The summed E-state index contributed by atoms with van der Waals surface area (Å²) in [6.45, 7) is 4.49. The summed E-state index contributed by atoms with van der Waals surface area (Å²) in [5, 5.41) is 9.01. The van der Waals surface area contributed by atoms with E-state index < -0.39 is 5.97 Å². The normalized spacial score (nSPS) is 12.3. The van der Waals surface area contributed by atoms with Crippen molar-refractivity contribution in [1.29, 1.82) is 0 Å². The first-order valence-electron chi connectivity index (χ1n) is 9.02. The van der Waals surface area contributed by atoms with Crippen LogP contribution in [-0.2, 0) is 0 Å². The van der Waals surface area contributed by atoms with Crippen LogP contribution in [0.4, 0.5) is 0 Å². The summed E-state index contributed by atoms with van der Waals surface area (Å²) in [5.41, 5.74) is 1.70. The molecule has 0 bridgehead atoms. The van der Waals surface area contributed by atoms with Crippen LogP contribution in [0.1, 0.15) is 99.9 Å². The van der Waals surface area contributed by atoms with Crippen molar-refractivity contribution >= 4 is 5.97 Å². The summed E-state index contributed by atoms with van der Waals surface area (Å²) in [6, 6.07) is 7.54. The fourth-order valence-electron chi connectivity index (χ4n) is 3.01. The fraction of sp³-hybridized carbons (Fsp3) is 0.650. The first-order chi connectivity index (χ1) is 10.7. The molecular weight excluding hydrogens is 272 g/mol. The van der Waals surface area contributed by atoms with E-state index in [0.29, 0.717) is 11.5 Å². The van der Waals surface area contributed by atoms with E-state index in [9.17, 15) is 4.79 Å². The van der Waals surface area contributed by atoms with E-state index in [2.05, 4.69) is 13.8 Å². The van der Waals surface area contributed by atoms with Crippen molar-refractivity contribution in [3.8, 4) is 0 Å². The number of hydrogen-bond acceptors (Lipinski definition) is 1. The van der Waals surface area contributed by atoms with Crippen molar-refractivity contribution < 1.29 is 9.90 Å². The molecule has 1 atom stereocenters. The Morgan fingerprint density at radius 2 is 1.36 bits per heavy atom. The van der Waals surface area contributed by atoms with E-state index in [-0.39, 0.29) is 0 Å². The van der Waals surface area contributed by atoms with E-state index >= 15 is 0 Å². The average molecular weight is 304 g/mol. The summed E-state index contributed by atoms with van der Waals surface area (Å²) in [4.78, 5) is 11.0. The lowest BCUT2D eigenvalue weighted by molar-refractivity contribution is 0.0697. The van der Waals surface area contributed by atoms with E-state index in [4.69, 9.17) is 5.11 Å². The second-order valence-corrected chi connectivity index (χ2v) is 6.32. The maximum Gasteiger partial charge on any atom is 0.335 e. The maximum absolute atomic E-state index is 11.0. The standard InChI is InChI=1S/C20H32O2/c1-3-5-7-8-10-12-17(11-9-6-4-2)18-13-15-19(16-14-18)20(21)22/h13-17H,3-12H2,1-2H3,(H,21,22). The zero-order chi connectivity index (χ0) is 16.2. The predicted octanol–water partition coefficient (Wildman–Crippen LogP) is 6.41. The van der Waals surface area contributed by atoms with Crippen molar-refractivity contribution in [3.05, 3.63) is 35.4 Å². The highest BCUT2D eigenvalue weighted by molar-refractivity contribution is 5.87. The molecule has 0 aliphatic carbocycles. The molecule has 1 aromatic carbocycles. The summed E-state index contributed by atoms with van der Waals surface area (Å²) < 4.78 is 0. The van der Waals surface area contributed by atoms with Crippen molar-refractivity contribution in [2.24, 2.45) is 0 Å². The second kappa shape index (κ2) is 11.3. The minimum absolute atomic E-state index is 0.388. The molecule has 2 nitrogen and oxygen atoms in total. The van der Waals surface area contributed by atoms with Gasteiger partial charge in [-0.2, -0.15) is 0 Å². The van der Waals surface area contributed by atoms with Gasteiger partial charge in [0.15, 0.2) is 0 Å². The van der Waals surface area contributed by atoms with Gasteiger partial charge in [-0.1, -0.05) is 77.3 Å². The minimum Gasteiger partial charge on any atom is -0.478 e. The van der Waals surface area contributed by atoms with E-state index in [1.807, 2.05) is 12.1 Å². The van der Waals surface area contributed by atoms with Gasteiger partial charge in [0.25, 0.3) is 0 Å². The number of carboxylic acid groups (broad SMARTS) is 1. The number of carboxylic acids is 1. The number of aromatic carboxylic acids is 1. The SMILES string of the molecule is CCCCCCCC(CCCCC)c1ccc(C(=O)O)cc1. The number of hydrogen-bond donors (Lipinski definition) is 1. The van der Waals surface area contributed by atoms with Gasteiger partial charge < -0.3 is 5.11 Å². The third-order valence-corrected chi connectivity index (χ3v) is 4.44. The number of benzene rings is 1. The van der Waals surface area contributed by atoms with Crippen LogP contribution in [0.3, 0.4) is 0 Å². The van der Waals surface area contributed by atoms with Gasteiger partial charge in [-0.3, -0.25) is 0 Å². The molecule has 1 rings (SSSR count). The molecule has 22 heavy (non-hydrogen) atoms. The van der Waals surface area contributed by atoms with Gasteiger partial charge in [-0.25, -0.2) is 4.79 Å². The third kappa shape index (κ3) is 7.11. The van der Waals surface area contributed by atoms with Gasteiger partial charge in [0.05, 0.1) is 5.56 Å². The first-order valence-corrected chi connectivity index (χ1v) is 9.02. The topological polar surface area (TPSA) is 37.3 Å². The molecule has 0 aliphatic rings. The lowest BCUT2D eigenvalue weighted by Crippen LogP contribution is -2.02. The Hall–Kier alpha value is -1.31. The van der Waals surface area contributed by atoms with Crippen LogP contribution in [0.25, 0.3) is 0 Å². The predicted molar refractivity (Wildman–Crippen MR) is 93.7 cm³/mol. The molecule has 0 saturated carbocycles. The Labute approximate surface area is 135 Å². The Morgan fingerprint density at radius 1 is 0.864 bits per heavy atom. The zero-order valence-electron chi connectivity index (χ0n) is 14.3. The van der Waals surface area contributed by atoms with E-state index in [1.165, 1.54) is 69.8 Å². The highest BCUT2D eigenvalue weighted by Crippen LogP contribution is 2.28. The van der Waals surface area contributed by atoms with Crippen LogP contribution in [0.5, 0.6) is 0 Å². The summed E-state index contributed by atoms with van der Waals surface area (Å²) in [5.74, 6) is -0.246. The monoisotopic (exact) mass is 304 g/mol. The quantitative estimate of drug-likeness (QED) is 0.453. The molecule has 0 fully saturated rings. The summed E-state index contributed by atoms with van der Waals surface area (Å²) in [6.07, 6.45) is 12.9. The lowest BCUT2D eigenvalue weighted by atomic mass is 9.88. The average Bonchev–Trinajstić information content (AvgIpc) is 2.53. The summed E-state index contributed by atoms with van der Waals surface area (Å²) >= 11 is 0. The van der Waals surface area contributed by atoms with Crippen LogP contribution in [-0.4, -0.2) is 11.1 Å². The van der Waals surface area contributed by atoms with Gasteiger partial charge in [-0.15, -0.1) is 0 Å². The van der Waals surface area contributed by atoms with E-state index in [0.717, 1.165) is 0 Å². The number of rotatable bonds is 12. The van der Waals surface area contributed by atoms with Crippen LogP contribution in [0, 0.1) is 0 Å². The summed E-state index contributed by atoms with van der Waals surface area (Å²) in [7, 11) is 0. The molecule has 0 heterocycles. The molecule has 0 radical (unpaired) electrons. The highest BCUT2D eigenvalue weighted by Gasteiger charge is 2.12. The maximum atomic E-state index is 11.0. The van der Waals surface area contributed by atoms with Crippen LogP contribution >= 0.6 is 0 Å². The van der Waals surface area contributed by atoms with Gasteiger partial charge in [0.1, 0.15) is 0 Å². The Balaban J connectivity index is 2.57. The smallest absolute Gasteiger partial charge is 0.335 e. The second-order valence-electron chi connectivity index (χ2n) is 6.32. The highest BCUT2D eigenvalue weighted by atomic mass is 16.4. The van der Waals surface area contributed by atoms with Crippen LogP contribution < -0.4 is 0 Å². The third-order valence-electron chi connectivity index (χ3n) is 4.44. The molecular formula is C20H32O2. The first kappa shape index (κ1) is 18.7. The van der Waals surface area contributed by atoms with E-state index in [1.54, 1.807) is 12.1 Å². The lowest BCUT2D eigenvalue weighted by Gasteiger charge is -2.17. The molecule has 124 valence electrons. The van der Waals surface area contributed by atoms with Gasteiger partial charge >= 0.3 is 5.97 Å². The van der Waals surface area contributed by atoms with Crippen LogP contribution in [0.2, 0.25) is 0 Å². The van der Waals surface area contributed by atoms with Gasteiger partial charge in [0, 0.05) is 0 Å². The fourth-order valence-corrected chi connectivity index (χ4v) is 3.01. The van der Waals surface area contributed by atoms with Crippen molar-refractivity contribution in [2.75, 3.05) is 0 Å². The molecule has 0 aromatic heterocycles. The molecule has 1 N–H and O–H groups in total. The minimum atomic E-state index is -0.839. The largest absolute Gasteiger partial charge is 0.478 e. The van der Waals surface area contributed by atoms with Gasteiger partial charge in [-0.05, 0) is 36.5 Å². The Bertz CT molecular complexity index is 408. The molecule has 0 aliphatic heterocycles. The number of unbranched alkanes of at least 4 members (excludes halogenated alkanes) is 6. The van der Waals surface area contributed by atoms with Crippen molar-refractivity contribution in [2.45, 2.75) is 84.0 Å². The molecule has 0 amide bonds. The Kier molecular flexibility index (Phi) is 9.61. The zero-order valence-corrected chi connectivity index (χ0v) is 14.3. The van der Waals surface area contributed by atoms with Crippen LogP contribution in [0.15, 0.2) is 24.3 Å². The molecule has 0 spiro atoms.